The van der Waals surface area contributed by atoms with E-state index in [0.717, 1.165) is 18.5 Å². The summed E-state index contributed by atoms with van der Waals surface area (Å²) in [6.07, 6.45) is 4.71. The second kappa shape index (κ2) is 8.79. The Balaban J connectivity index is 1.59. The largest absolute Gasteiger partial charge is 0.493 e. The molecule has 1 heterocycles. The van der Waals surface area contributed by atoms with Gasteiger partial charge >= 0.3 is 0 Å². The number of fused-ring (bicyclic) bond motifs is 1. The molecule has 4 nitrogen and oxygen atoms in total. The molecule has 0 aliphatic rings. The van der Waals surface area contributed by atoms with E-state index in [1.807, 2.05) is 18.2 Å². The average molecular weight is 371 g/mol. The minimum absolute atomic E-state index is 0.387. The van der Waals surface area contributed by atoms with Gasteiger partial charge < -0.3 is 19.8 Å². The maximum Gasteiger partial charge on any atom is 0.180 e. The lowest BCUT2D eigenvalue weighted by atomic mass is 10.1. The SMILES string of the molecule is C=CCOc1c(Cl)cc(CNCCc2c[nH]c3ccccc23)cc1OC. The van der Waals surface area contributed by atoms with Crippen molar-refractivity contribution in [3.05, 3.63) is 71.4 Å². The fourth-order valence-corrected chi connectivity index (χ4v) is 3.24. The summed E-state index contributed by atoms with van der Waals surface area (Å²) in [5.74, 6) is 1.18. The monoisotopic (exact) mass is 370 g/mol. The number of nitrogens with one attached hydrogen (secondary N) is 2. The summed E-state index contributed by atoms with van der Waals surface area (Å²) in [6.45, 7) is 5.61. The Morgan fingerprint density at radius 1 is 1.27 bits per heavy atom. The first-order chi connectivity index (χ1) is 12.7. The van der Waals surface area contributed by atoms with Gasteiger partial charge in [-0.05, 0) is 42.3 Å². The second-order valence-electron chi connectivity index (χ2n) is 5.99. The lowest BCUT2D eigenvalue weighted by molar-refractivity contribution is 0.326. The lowest BCUT2D eigenvalue weighted by Crippen LogP contribution is -2.16. The van der Waals surface area contributed by atoms with E-state index in [0.29, 0.717) is 29.7 Å². The zero-order valence-corrected chi connectivity index (χ0v) is 15.6. The van der Waals surface area contributed by atoms with E-state index in [1.165, 1.54) is 16.5 Å². The van der Waals surface area contributed by atoms with Crippen LogP contribution in [0.3, 0.4) is 0 Å². The zero-order chi connectivity index (χ0) is 18.4. The normalized spacial score (nSPS) is 10.8. The van der Waals surface area contributed by atoms with E-state index < -0.39 is 0 Å². The number of ether oxygens (including phenoxy) is 2. The Morgan fingerprint density at radius 3 is 2.92 bits per heavy atom. The van der Waals surface area contributed by atoms with Crippen molar-refractivity contribution in [2.45, 2.75) is 13.0 Å². The van der Waals surface area contributed by atoms with Crippen LogP contribution in [-0.2, 0) is 13.0 Å². The number of hydrogen-bond donors (Lipinski definition) is 2. The van der Waals surface area contributed by atoms with Crippen molar-refractivity contribution in [2.75, 3.05) is 20.3 Å². The van der Waals surface area contributed by atoms with Gasteiger partial charge in [0.2, 0.25) is 0 Å². The summed E-state index contributed by atoms with van der Waals surface area (Å²) < 4.78 is 11.0. The lowest BCUT2D eigenvalue weighted by Gasteiger charge is -2.13. The molecule has 0 amide bonds. The molecule has 0 radical (unpaired) electrons. The van der Waals surface area contributed by atoms with Gasteiger partial charge in [0.05, 0.1) is 12.1 Å². The molecule has 136 valence electrons. The third-order valence-electron chi connectivity index (χ3n) is 4.21. The van der Waals surface area contributed by atoms with Crippen molar-refractivity contribution >= 4 is 22.5 Å². The van der Waals surface area contributed by atoms with Crippen LogP contribution in [0, 0.1) is 0 Å². The average Bonchev–Trinajstić information content (AvgIpc) is 3.07. The van der Waals surface area contributed by atoms with Gasteiger partial charge in [-0.3, -0.25) is 0 Å². The summed E-state index contributed by atoms with van der Waals surface area (Å²) in [6, 6.07) is 12.2. The number of para-hydroxylation sites is 1. The number of benzene rings is 2. The highest BCUT2D eigenvalue weighted by atomic mass is 35.5. The minimum atomic E-state index is 0.387. The van der Waals surface area contributed by atoms with Gasteiger partial charge in [-0.25, -0.2) is 0 Å². The van der Waals surface area contributed by atoms with E-state index in [-0.39, 0.29) is 0 Å². The van der Waals surface area contributed by atoms with Crippen LogP contribution in [0.15, 0.2) is 55.3 Å². The molecule has 0 bridgehead atoms. The molecule has 2 aromatic carbocycles. The Hall–Kier alpha value is -2.43. The third-order valence-corrected chi connectivity index (χ3v) is 4.49. The van der Waals surface area contributed by atoms with Crippen LogP contribution in [0.2, 0.25) is 5.02 Å². The van der Waals surface area contributed by atoms with Crippen molar-refractivity contribution in [1.29, 1.82) is 0 Å². The summed E-state index contributed by atoms with van der Waals surface area (Å²) in [5.41, 5.74) is 3.54. The van der Waals surface area contributed by atoms with Gasteiger partial charge in [-0.15, -0.1) is 0 Å². The summed E-state index contributed by atoms with van der Waals surface area (Å²) in [7, 11) is 1.61. The molecule has 1 aromatic heterocycles. The first kappa shape index (κ1) is 18.4. The number of hydrogen-bond acceptors (Lipinski definition) is 3. The molecule has 0 saturated heterocycles. The number of aromatic amines is 1. The first-order valence-electron chi connectivity index (χ1n) is 8.58. The Kier molecular flexibility index (Phi) is 6.21. The van der Waals surface area contributed by atoms with Crippen molar-refractivity contribution in [3.63, 3.8) is 0 Å². The predicted octanol–water partition coefficient (Wildman–Crippen LogP) is 4.73. The topological polar surface area (TPSA) is 46.3 Å². The molecular weight excluding hydrogens is 348 g/mol. The molecular formula is C21H23ClN2O2. The fraction of sp³-hybridized carbons (Fsp3) is 0.238. The maximum atomic E-state index is 6.34. The molecule has 5 heteroatoms. The number of H-pyrrole nitrogens is 1. The second-order valence-corrected chi connectivity index (χ2v) is 6.40. The van der Waals surface area contributed by atoms with Crippen LogP contribution < -0.4 is 14.8 Å². The van der Waals surface area contributed by atoms with Gasteiger partial charge in [0.1, 0.15) is 6.61 Å². The van der Waals surface area contributed by atoms with Gasteiger partial charge in [-0.1, -0.05) is 42.5 Å². The molecule has 0 spiro atoms. The van der Waals surface area contributed by atoms with Crippen molar-refractivity contribution in [2.24, 2.45) is 0 Å². The Morgan fingerprint density at radius 2 is 2.12 bits per heavy atom. The van der Waals surface area contributed by atoms with E-state index in [2.05, 4.69) is 41.3 Å². The van der Waals surface area contributed by atoms with E-state index >= 15 is 0 Å². The molecule has 0 fully saturated rings. The van der Waals surface area contributed by atoms with Crippen molar-refractivity contribution in [3.8, 4) is 11.5 Å². The van der Waals surface area contributed by atoms with Crippen LogP contribution in [0.4, 0.5) is 0 Å². The van der Waals surface area contributed by atoms with Crippen LogP contribution >= 0.6 is 11.6 Å². The van der Waals surface area contributed by atoms with Gasteiger partial charge in [0.25, 0.3) is 0 Å². The van der Waals surface area contributed by atoms with Crippen LogP contribution in [-0.4, -0.2) is 25.2 Å². The Labute approximate surface area is 158 Å². The molecule has 0 saturated carbocycles. The number of rotatable bonds is 9. The molecule has 0 aliphatic heterocycles. The van der Waals surface area contributed by atoms with E-state index in [9.17, 15) is 0 Å². The highest BCUT2D eigenvalue weighted by Gasteiger charge is 2.11. The predicted molar refractivity (Wildman–Crippen MR) is 107 cm³/mol. The van der Waals surface area contributed by atoms with Crippen LogP contribution in [0.5, 0.6) is 11.5 Å². The molecule has 3 rings (SSSR count). The van der Waals surface area contributed by atoms with Crippen LogP contribution in [0.25, 0.3) is 10.9 Å². The minimum Gasteiger partial charge on any atom is -0.493 e. The first-order valence-corrected chi connectivity index (χ1v) is 8.96. The van der Waals surface area contributed by atoms with E-state index in [4.69, 9.17) is 21.1 Å². The molecule has 0 atom stereocenters. The number of aromatic nitrogens is 1. The van der Waals surface area contributed by atoms with Crippen LogP contribution in [0.1, 0.15) is 11.1 Å². The van der Waals surface area contributed by atoms with Gasteiger partial charge in [0, 0.05) is 23.6 Å². The number of halogens is 1. The van der Waals surface area contributed by atoms with Gasteiger partial charge in [0.15, 0.2) is 11.5 Å². The Bertz CT molecular complexity index is 889. The molecule has 3 aromatic rings. The standard InChI is InChI=1S/C21H23ClN2O2/c1-3-10-26-21-18(22)11-15(12-20(21)25-2)13-23-9-8-16-14-24-19-7-5-4-6-17(16)19/h3-7,11-12,14,23-24H,1,8-10,13H2,2H3. The highest BCUT2D eigenvalue weighted by molar-refractivity contribution is 6.32. The summed E-state index contributed by atoms with van der Waals surface area (Å²) >= 11 is 6.34. The summed E-state index contributed by atoms with van der Waals surface area (Å²) in [4.78, 5) is 3.31. The molecule has 0 unspecified atom stereocenters. The fourth-order valence-electron chi connectivity index (χ4n) is 2.95. The molecule has 26 heavy (non-hydrogen) atoms. The molecule has 0 aliphatic carbocycles. The zero-order valence-electron chi connectivity index (χ0n) is 14.8. The van der Waals surface area contributed by atoms with Gasteiger partial charge in [-0.2, -0.15) is 0 Å². The molecule has 2 N–H and O–H groups in total. The third kappa shape index (κ3) is 4.21. The summed E-state index contributed by atoms with van der Waals surface area (Å²) in [5, 5.41) is 5.28. The van der Waals surface area contributed by atoms with Crippen molar-refractivity contribution < 1.29 is 9.47 Å². The maximum absolute atomic E-state index is 6.34. The van der Waals surface area contributed by atoms with E-state index in [1.54, 1.807) is 13.2 Å². The highest BCUT2D eigenvalue weighted by Crippen LogP contribution is 2.36. The smallest absolute Gasteiger partial charge is 0.180 e. The quantitative estimate of drug-likeness (QED) is 0.423. The number of methoxy groups -OCH3 is 1. The van der Waals surface area contributed by atoms with Crippen molar-refractivity contribution in [1.82, 2.24) is 10.3 Å².